The van der Waals surface area contributed by atoms with E-state index in [4.69, 9.17) is 11.6 Å². The van der Waals surface area contributed by atoms with Crippen molar-refractivity contribution in [1.29, 1.82) is 0 Å². The highest BCUT2D eigenvalue weighted by molar-refractivity contribution is 9.10. The van der Waals surface area contributed by atoms with Gasteiger partial charge in [-0.1, -0.05) is 31.4 Å². The Morgan fingerprint density at radius 2 is 2.21 bits per heavy atom. The highest BCUT2D eigenvalue weighted by atomic mass is 79.9. The molecule has 0 radical (unpaired) electrons. The number of rotatable bonds is 5. The quantitative estimate of drug-likeness (QED) is 0.463. The maximum atomic E-state index is 5.84. The molecule has 0 spiro atoms. The molecule has 78 valence electrons. The van der Waals surface area contributed by atoms with Crippen molar-refractivity contribution in [2.24, 2.45) is 0 Å². The van der Waals surface area contributed by atoms with Crippen molar-refractivity contribution in [2.75, 3.05) is 5.75 Å². The molecule has 0 fully saturated rings. The van der Waals surface area contributed by atoms with Gasteiger partial charge in [0.05, 0.1) is 4.47 Å². The zero-order valence-electron chi connectivity index (χ0n) is 7.96. The predicted molar refractivity (Wildman–Crippen MR) is 65.0 cm³/mol. The fourth-order valence-electron chi connectivity index (χ4n) is 0.955. The minimum atomic E-state index is 0.484. The van der Waals surface area contributed by atoms with Gasteiger partial charge in [0.15, 0.2) is 0 Å². The van der Waals surface area contributed by atoms with Gasteiger partial charge in [-0.2, -0.15) is 0 Å². The molecular formula is C9H12BrClN2S. The molecule has 0 atom stereocenters. The van der Waals surface area contributed by atoms with Crippen molar-refractivity contribution >= 4 is 39.3 Å². The van der Waals surface area contributed by atoms with E-state index in [9.17, 15) is 0 Å². The summed E-state index contributed by atoms with van der Waals surface area (Å²) in [5.74, 6) is 1.08. The van der Waals surface area contributed by atoms with E-state index in [0.29, 0.717) is 5.15 Å². The van der Waals surface area contributed by atoms with Gasteiger partial charge >= 0.3 is 0 Å². The standard InChI is InChI=1S/C9H12BrClN2S/c1-2-3-4-5-14-9-7(10)8(11)12-6-13-9/h6H,2-5H2,1H3. The molecule has 0 saturated carbocycles. The van der Waals surface area contributed by atoms with Crippen molar-refractivity contribution in [1.82, 2.24) is 9.97 Å². The SMILES string of the molecule is CCCCCSc1ncnc(Cl)c1Br. The van der Waals surface area contributed by atoms with Crippen molar-refractivity contribution in [3.63, 3.8) is 0 Å². The summed E-state index contributed by atoms with van der Waals surface area (Å²) in [5, 5.41) is 1.42. The molecule has 2 nitrogen and oxygen atoms in total. The van der Waals surface area contributed by atoms with Crippen LogP contribution in [0.15, 0.2) is 15.8 Å². The molecule has 0 unspecified atom stereocenters. The first-order chi connectivity index (χ1) is 6.75. The topological polar surface area (TPSA) is 25.8 Å². The lowest BCUT2D eigenvalue weighted by molar-refractivity contribution is 0.778. The number of nitrogens with zero attached hydrogens (tertiary/aromatic N) is 2. The van der Waals surface area contributed by atoms with E-state index in [1.807, 2.05) is 0 Å². The Morgan fingerprint density at radius 3 is 2.93 bits per heavy atom. The minimum Gasteiger partial charge on any atom is -0.229 e. The van der Waals surface area contributed by atoms with E-state index in [1.54, 1.807) is 11.8 Å². The molecule has 0 saturated heterocycles. The molecule has 0 bridgehead atoms. The van der Waals surface area contributed by atoms with E-state index < -0.39 is 0 Å². The highest BCUT2D eigenvalue weighted by Gasteiger charge is 2.06. The number of halogens is 2. The van der Waals surface area contributed by atoms with Crippen LogP contribution in [-0.4, -0.2) is 15.7 Å². The summed E-state index contributed by atoms with van der Waals surface area (Å²) in [4.78, 5) is 8.04. The van der Waals surface area contributed by atoms with Crippen molar-refractivity contribution in [3.8, 4) is 0 Å². The molecule has 0 N–H and O–H groups in total. The molecule has 5 heteroatoms. The molecule has 0 aromatic carbocycles. The Morgan fingerprint density at radius 1 is 1.43 bits per heavy atom. The van der Waals surface area contributed by atoms with Crippen LogP contribution in [0, 0.1) is 0 Å². The number of aromatic nitrogens is 2. The van der Waals surface area contributed by atoms with Crippen molar-refractivity contribution in [3.05, 3.63) is 16.0 Å². The fourth-order valence-corrected chi connectivity index (χ4v) is 2.58. The van der Waals surface area contributed by atoms with Crippen LogP contribution in [0.5, 0.6) is 0 Å². The lowest BCUT2D eigenvalue weighted by Gasteiger charge is -2.02. The third-order valence-electron chi connectivity index (χ3n) is 1.70. The van der Waals surface area contributed by atoms with Crippen LogP contribution in [0.3, 0.4) is 0 Å². The maximum absolute atomic E-state index is 5.84. The smallest absolute Gasteiger partial charge is 0.147 e. The zero-order chi connectivity index (χ0) is 10.4. The van der Waals surface area contributed by atoms with Gasteiger partial charge in [0.25, 0.3) is 0 Å². The van der Waals surface area contributed by atoms with Crippen LogP contribution in [0.2, 0.25) is 5.15 Å². The first-order valence-electron chi connectivity index (χ1n) is 4.54. The third kappa shape index (κ3) is 3.75. The lowest BCUT2D eigenvalue weighted by Crippen LogP contribution is -1.88. The lowest BCUT2D eigenvalue weighted by atomic mass is 10.3. The van der Waals surface area contributed by atoms with Crippen molar-refractivity contribution < 1.29 is 0 Å². The molecule has 0 aliphatic heterocycles. The van der Waals surface area contributed by atoms with Crippen LogP contribution in [0.1, 0.15) is 26.2 Å². The van der Waals surface area contributed by atoms with E-state index in [0.717, 1.165) is 15.3 Å². The predicted octanol–water partition coefficient (Wildman–Crippen LogP) is 4.17. The number of unbranched alkanes of at least 4 members (excludes halogenated alkanes) is 2. The van der Waals surface area contributed by atoms with Crippen LogP contribution in [0.25, 0.3) is 0 Å². The van der Waals surface area contributed by atoms with Crippen LogP contribution >= 0.6 is 39.3 Å². The maximum Gasteiger partial charge on any atom is 0.147 e. The van der Waals surface area contributed by atoms with E-state index in [1.165, 1.54) is 25.6 Å². The summed E-state index contributed by atoms with van der Waals surface area (Å²) in [7, 11) is 0. The second kappa shape index (κ2) is 6.64. The Kier molecular flexibility index (Phi) is 5.82. The molecular weight excluding hydrogens is 284 g/mol. The van der Waals surface area contributed by atoms with Crippen LogP contribution in [-0.2, 0) is 0 Å². The molecule has 1 heterocycles. The Hall–Kier alpha value is 0.200. The van der Waals surface area contributed by atoms with E-state index >= 15 is 0 Å². The average molecular weight is 296 g/mol. The first-order valence-corrected chi connectivity index (χ1v) is 6.70. The van der Waals surface area contributed by atoms with Gasteiger partial charge in [-0.05, 0) is 28.1 Å². The summed E-state index contributed by atoms with van der Waals surface area (Å²) in [6.07, 6.45) is 5.22. The summed E-state index contributed by atoms with van der Waals surface area (Å²) in [6.45, 7) is 2.20. The Labute approximate surface area is 102 Å². The van der Waals surface area contributed by atoms with E-state index in [2.05, 4.69) is 32.8 Å². The van der Waals surface area contributed by atoms with Gasteiger partial charge in [-0.15, -0.1) is 11.8 Å². The molecule has 1 aromatic rings. The molecule has 1 rings (SSSR count). The molecule has 14 heavy (non-hydrogen) atoms. The Bertz CT molecular complexity index is 296. The summed E-state index contributed by atoms with van der Waals surface area (Å²) < 4.78 is 0.808. The van der Waals surface area contributed by atoms with Crippen LogP contribution < -0.4 is 0 Å². The van der Waals surface area contributed by atoms with E-state index in [-0.39, 0.29) is 0 Å². The summed E-state index contributed by atoms with van der Waals surface area (Å²) in [5.41, 5.74) is 0. The highest BCUT2D eigenvalue weighted by Crippen LogP contribution is 2.30. The first kappa shape index (κ1) is 12.3. The molecule has 0 aliphatic carbocycles. The number of hydrogen-bond donors (Lipinski definition) is 0. The number of thioether (sulfide) groups is 1. The second-order valence-corrected chi connectivity index (χ2v) is 5.07. The normalized spacial score (nSPS) is 10.5. The second-order valence-electron chi connectivity index (χ2n) is 2.84. The largest absolute Gasteiger partial charge is 0.229 e. The fraction of sp³-hybridized carbons (Fsp3) is 0.556. The molecule has 0 amide bonds. The summed E-state index contributed by atoms with van der Waals surface area (Å²) in [6, 6.07) is 0. The third-order valence-corrected chi connectivity index (χ3v) is 4.31. The van der Waals surface area contributed by atoms with Gasteiger partial charge < -0.3 is 0 Å². The molecule has 0 aliphatic rings. The number of hydrogen-bond acceptors (Lipinski definition) is 3. The van der Waals surface area contributed by atoms with Gasteiger partial charge in [-0.3, -0.25) is 0 Å². The van der Waals surface area contributed by atoms with Crippen LogP contribution in [0.4, 0.5) is 0 Å². The van der Waals surface area contributed by atoms with Crippen molar-refractivity contribution in [2.45, 2.75) is 31.2 Å². The average Bonchev–Trinajstić information content (AvgIpc) is 2.19. The van der Waals surface area contributed by atoms with Gasteiger partial charge in [-0.25, -0.2) is 9.97 Å². The zero-order valence-corrected chi connectivity index (χ0v) is 11.1. The van der Waals surface area contributed by atoms with Gasteiger partial charge in [0, 0.05) is 0 Å². The summed E-state index contributed by atoms with van der Waals surface area (Å²) >= 11 is 10.9. The molecule has 1 aromatic heterocycles. The van der Waals surface area contributed by atoms with Gasteiger partial charge in [0.2, 0.25) is 0 Å². The Balaban J connectivity index is 2.46. The minimum absolute atomic E-state index is 0.484. The van der Waals surface area contributed by atoms with Gasteiger partial charge in [0.1, 0.15) is 16.5 Å². The monoisotopic (exact) mass is 294 g/mol.